The number of rotatable bonds is 4. The standard InChI is InChI=1S/C10H8O3S/c11-9(10(12)13)6-7-14-8-4-2-1-3-5-8/h1-7H,(H,12,13)/b7-6+. The molecule has 0 unspecified atom stereocenters. The molecule has 0 aliphatic heterocycles. The van der Waals surface area contributed by atoms with Crippen molar-refractivity contribution in [2.75, 3.05) is 0 Å². The van der Waals surface area contributed by atoms with Crippen molar-refractivity contribution in [1.29, 1.82) is 0 Å². The minimum absolute atomic E-state index is 0.909. The average Bonchev–Trinajstić information content (AvgIpc) is 2.19. The molecule has 1 aromatic rings. The Morgan fingerprint density at radius 3 is 2.43 bits per heavy atom. The molecule has 0 radical (unpaired) electrons. The van der Waals surface area contributed by atoms with Gasteiger partial charge in [0.05, 0.1) is 0 Å². The molecule has 72 valence electrons. The van der Waals surface area contributed by atoms with Gasteiger partial charge in [0.25, 0.3) is 5.78 Å². The van der Waals surface area contributed by atoms with E-state index in [4.69, 9.17) is 5.11 Å². The van der Waals surface area contributed by atoms with Crippen LogP contribution in [0.1, 0.15) is 0 Å². The zero-order chi connectivity index (χ0) is 10.4. The number of aliphatic carboxylic acids is 1. The molecule has 0 aliphatic carbocycles. The van der Waals surface area contributed by atoms with Crippen LogP contribution in [0.5, 0.6) is 0 Å². The lowest BCUT2D eigenvalue weighted by Crippen LogP contribution is -2.07. The van der Waals surface area contributed by atoms with E-state index in [1.165, 1.54) is 17.2 Å². The van der Waals surface area contributed by atoms with Crippen LogP contribution in [0, 0.1) is 0 Å². The average molecular weight is 208 g/mol. The molecule has 0 bridgehead atoms. The number of carbonyl (C=O) groups excluding carboxylic acids is 1. The predicted molar refractivity (Wildman–Crippen MR) is 54.1 cm³/mol. The molecule has 4 heteroatoms. The van der Waals surface area contributed by atoms with Gasteiger partial charge in [0.15, 0.2) is 0 Å². The van der Waals surface area contributed by atoms with Gasteiger partial charge in [-0.15, -0.1) is 0 Å². The first-order chi connectivity index (χ1) is 6.70. The van der Waals surface area contributed by atoms with Crippen molar-refractivity contribution in [3.63, 3.8) is 0 Å². The van der Waals surface area contributed by atoms with Crippen molar-refractivity contribution in [3.8, 4) is 0 Å². The molecule has 0 aliphatic rings. The van der Waals surface area contributed by atoms with Gasteiger partial charge < -0.3 is 5.11 Å². The number of ketones is 1. The second kappa shape index (κ2) is 5.24. The molecule has 0 atom stereocenters. The van der Waals surface area contributed by atoms with E-state index in [9.17, 15) is 9.59 Å². The Hall–Kier alpha value is -1.55. The van der Waals surface area contributed by atoms with E-state index in [-0.39, 0.29) is 0 Å². The maximum atomic E-state index is 10.6. The van der Waals surface area contributed by atoms with Crippen LogP contribution in [-0.4, -0.2) is 16.9 Å². The number of thioether (sulfide) groups is 1. The van der Waals surface area contributed by atoms with Crippen LogP contribution in [-0.2, 0) is 9.59 Å². The lowest BCUT2D eigenvalue weighted by Gasteiger charge is -1.92. The molecule has 0 saturated heterocycles. The molecule has 0 heterocycles. The van der Waals surface area contributed by atoms with Crippen molar-refractivity contribution >= 4 is 23.5 Å². The largest absolute Gasteiger partial charge is 0.475 e. The van der Waals surface area contributed by atoms with Crippen molar-refractivity contribution < 1.29 is 14.7 Å². The first-order valence-corrected chi connectivity index (χ1v) is 4.73. The van der Waals surface area contributed by atoms with Gasteiger partial charge in [-0.1, -0.05) is 30.0 Å². The summed E-state index contributed by atoms with van der Waals surface area (Å²) in [7, 11) is 0. The molecule has 3 nitrogen and oxygen atoms in total. The van der Waals surface area contributed by atoms with Gasteiger partial charge in [-0.3, -0.25) is 4.79 Å². The summed E-state index contributed by atoms with van der Waals surface area (Å²) in [5.74, 6) is -2.34. The van der Waals surface area contributed by atoms with Crippen LogP contribution >= 0.6 is 11.8 Å². The summed E-state index contributed by atoms with van der Waals surface area (Å²) < 4.78 is 0. The van der Waals surface area contributed by atoms with Crippen LogP contribution in [0.4, 0.5) is 0 Å². The Morgan fingerprint density at radius 2 is 1.86 bits per heavy atom. The van der Waals surface area contributed by atoms with Crippen LogP contribution in [0.3, 0.4) is 0 Å². The normalized spacial score (nSPS) is 10.3. The highest BCUT2D eigenvalue weighted by molar-refractivity contribution is 8.02. The number of hydrogen-bond donors (Lipinski definition) is 1. The van der Waals surface area contributed by atoms with Gasteiger partial charge in [0.2, 0.25) is 0 Å². The summed E-state index contributed by atoms with van der Waals surface area (Å²) in [5.41, 5.74) is 0. The molecule has 1 N–H and O–H groups in total. The maximum absolute atomic E-state index is 10.6. The van der Waals surface area contributed by atoms with E-state index in [1.54, 1.807) is 0 Å². The second-order valence-electron chi connectivity index (χ2n) is 2.40. The highest BCUT2D eigenvalue weighted by Crippen LogP contribution is 2.17. The zero-order valence-corrected chi connectivity index (χ0v) is 8.03. The Morgan fingerprint density at radius 1 is 1.21 bits per heavy atom. The van der Waals surface area contributed by atoms with Crippen LogP contribution in [0.25, 0.3) is 0 Å². The van der Waals surface area contributed by atoms with Gasteiger partial charge in [0.1, 0.15) is 0 Å². The highest BCUT2D eigenvalue weighted by atomic mass is 32.2. The highest BCUT2D eigenvalue weighted by Gasteiger charge is 2.04. The van der Waals surface area contributed by atoms with Crippen LogP contribution in [0.2, 0.25) is 0 Å². The van der Waals surface area contributed by atoms with Gasteiger partial charge in [-0.25, -0.2) is 4.79 Å². The van der Waals surface area contributed by atoms with Crippen molar-refractivity contribution in [3.05, 3.63) is 41.8 Å². The number of carboxylic acids is 1. The Labute approximate surface area is 85.4 Å². The first-order valence-electron chi connectivity index (χ1n) is 3.85. The fraction of sp³-hybridized carbons (Fsp3) is 0. The SMILES string of the molecule is O=C(O)C(=O)/C=C/Sc1ccccc1. The topological polar surface area (TPSA) is 54.4 Å². The monoisotopic (exact) mass is 208 g/mol. The second-order valence-corrected chi connectivity index (χ2v) is 3.38. The van der Waals surface area contributed by atoms with E-state index < -0.39 is 11.8 Å². The fourth-order valence-electron chi connectivity index (χ4n) is 0.745. The van der Waals surface area contributed by atoms with E-state index in [1.807, 2.05) is 30.3 Å². The van der Waals surface area contributed by atoms with E-state index in [0.717, 1.165) is 11.0 Å². The summed E-state index contributed by atoms with van der Waals surface area (Å²) in [6, 6.07) is 9.38. The van der Waals surface area contributed by atoms with Crippen molar-refractivity contribution in [2.45, 2.75) is 4.90 Å². The van der Waals surface area contributed by atoms with Crippen molar-refractivity contribution in [1.82, 2.24) is 0 Å². The molecule has 1 aromatic carbocycles. The minimum atomic E-state index is -1.44. The predicted octanol–water partition coefficient (Wildman–Crippen LogP) is 1.95. The zero-order valence-electron chi connectivity index (χ0n) is 7.21. The summed E-state index contributed by atoms with van der Waals surface area (Å²) in [6.07, 6.45) is 1.04. The van der Waals surface area contributed by atoms with Crippen LogP contribution in [0.15, 0.2) is 46.7 Å². The third-order valence-corrected chi connectivity index (χ3v) is 2.19. The third kappa shape index (κ3) is 3.45. The van der Waals surface area contributed by atoms with Gasteiger partial charge in [-0.2, -0.15) is 0 Å². The molecule has 0 spiro atoms. The summed E-state index contributed by atoms with van der Waals surface area (Å²) in [5, 5.41) is 9.73. The van der Waals surface area contributed by atoms with E-state index >= 15 is 0 Å². The van der Waals surface area contributed by atoms with Gasteiger partial charge >= 0.3 is 5.97 Å². The Kier molecular flexibility index (Phi) is 3.94. The number of hydrogen-bond acceptors (Lipinski definition) is 3. The summed E-state index contributed by atoms with van der Waals surface area (Å²) in [4.78, 5) is 21.7. The maximum Gasteiger partial charge on any atom is 0.376 e. The molecule has 0 fully saturated rings. The summed E-state index contributed by atoms with van der Waals surface area (Å²) in [6.45, 7) is 0. The molecule has 0 amide bonds. The molecule has 0 aromatic heterocycles. The number of carboxylic acid groups (broad SMARTS) is 1. The Balaban J connectivity index is 2.49. The molecule has 0 saturated carbocycles. The van der Waals surface area contributed by atoms with E-state index in [2.05, 4.69) is 0 Å². The molecular formula is C10H8O3S. The van der Waals surface area contributed by atoms with Gasteiger partial charge in [0, 0.05) is 4.90 Å². The van der Waals surface area contributed by atoms with Crippen LogP contribution < -0.4 is 0 Å². The smallest absolute Gasteiger partial charge is 0.376 e. The number of carbonyl (C=O) groups is 2. The third-order valence-electron chi connectivity index (χ3n) is 1.38. The van der Waals surface area contributed by atoms with Gasteiger partial charge in [-0.05, 0) is 23.6 Å². The lowest BCUT2D eigenvalue weighted by atomic mass is 10.4. The van der Waals surface area contributed by atoms with E-state index in [0.29, 0.717) is 0 Å². The Bertz CT molecular complexity index is 357. The first kappa shape index (κ1) is 10.5. The fourth-order valence-corrected chi connectivity index (χ4v) is 1.41. The summed E-state index contributed by atoms with van der Waals surface area (Å²) >= 11 is 1.30. The number of benzene rings is 1. The minimum Gasteiger partial charge on any atom is -0.475 e. The lowest BCUT2D eigenvalue weighted by molar-refractivity contribution is -0.146. The molecule has 14 heavy (non-hydrogen) atoms. The quantitative estimate of drug-likeness (QED) is 0.467. The molecular weight excluding hydrogens is 200 g/mol. The van der Waals surface area contributed by atoms with Crippen molar-refractivity contribution in [2.24, 2.45) is 0 Å². The molecule has 1 rings (SSSR count).